The molecule has 0 aliphatic rings. The van der Waals surface area contributed by atoms with Crippen LogP contribution in [0.3, 0.4) is 0 Å². The number of anilines is 2. The fourth-order valence-corrected chi connectivity index (χ4v) is 4.11. The number of rotatable bonds is 7. The molecule has 7 nitrogen and oxygen atoms in total. The third-order valence-electron chi connectivity index (χ3n) is 4.66. The molecule has 0 fully saturated rings. The molecule has 4 rings (SSSR count). The van der Waals surface area contributed by atoms with E-state index in [4.69, 9.17) is 9.72 Å². The second-order valence-corrected chi connectivity index (χ2v) is 7.96. The lowest BCUT2D eigenvalue weighted by atomic mass is 10.2. The number of benzene rings is 3. The average molecular weight is 447 g/mol. The monoisotopic (exact) mass is 446 g/mol. The Hall–Kier alpha value is -3.78. The van der Waals surface area contributed by atoms with Crippen molar-refractivity contribution in [1.29, 1.82) is 0 Å². The molecule has 0 spiro atoms. The zero-order valence-corrected chi connectivity index (χ0v) is 18.5. The van der Waals surface area contributed by atoms with Crippen molar-refractivity contribution in [3.8, 4) is 11.4 Å². The molecule has 0 aliphatic carbocycles. The average Bonchev–Trinajstić information content (AvgIpc) is 3.16. The van der Waals surface area contributed by atoms with Crippen molar-refractivity contribution >= 4 is 46.0 Å². The minimum Gasteiger partial charge on any atom is -0.497 e. The van der Waals surface area contributed by atoms with Gasteiger partial charge in [0.15, 0.2) is 5.16 Å². The third-order valence-corrected chi connectivity index (χ3v) is 5.60. The summed E-state index contributed by atoms with van der Waals surface area (Å²) >= 11 is 1.36. The van der Waals surface area contributed by atoms with Crippen LogP contribution < -0.4 is 15.4 Å². The second kappa shape index (κ2) is 9.57. The summed E-state index contributed by atoms with van der Waals surface area (Å²) in [6.07, 6.45) is 0. The predicted molar refractivity (Wildman–Crippen MR) is 128 cm³/mol. The molecular formula is C24H22N4O3S. The van der Waals surface area contributed by atoms with E-state index in [0.717, 1.165) is 27.6 Å². The molecule has 32 heavy (non-hydrogen) atoms. The number of nitrogens with zero attached hydrogens (tertiary/aromatic N) is 2. The van der Waals surface area contributed by atoms with Gasteiger partial charge in [0.05, 0.1) is 23.9 Å². The number of nitrogens with one attached hydrogen (secondary N) is 2. The molecule has 0 saturated heterocycles. The van der Waals surface area contributed by atoms with Crippen molar-refractivity contribution in [2.75, 3.05) is 23.5 Å². The minimum absolute atomic E-state index is 0.164. The first kappa shape index (κ1) is 21.5. The first-order valence-electron chi connectivity index (χ1n) is 9.96. The number of methoxy groups -OCH3 is 1. The van der Waals surface area contributed by atoms with Gasteiger partial charge in [-0.15, -0.1) is 0 Å². The SMILES string of the molecule is COc1ccc(-n2c(SCC(=O)Nc3cccc(NC(C)=O)c3)nc3ccccc32)cc1. The highest BCUT2D eigenvalue weighted by Crippen LogP contribution is 2.29. The molecule has 2 amide bonds. The molecule has 8 heteroatoms. The van der Waals surface area contributed by atoms with Crippen LogP contribution in [0.4, 0.5) is 11.4 Å². The van der Waals surface area contributed by atoms with E-state index in [1.807, 2.05) is 53.1 Å². The number of imidazole rings is 1. The molecule has 0 saturated carbocycles. The number of amides is 2. The molecule has 1 aromatic heterocycles. The fraction of sp³-hybridized carbons (Fsp3) is 0.125. The maximum atomic E-state index is 12.6. The van der Waals surface area contributed by atoms with Crippen molar-refractivity contribution < 1.29 is 14.3 Å². The predicted octanol–water partition coefficient (Wildman–Crippen LogP) is 4.72. The van der Waals surface area contributed by atoms with E-state index in [-0.39, 0.29) is 17.6 Å². The molecule has 0 radical (unpaired) electrons. The Morgan fingerprint density at radius 3 is 2.41 bits per heavy atom. The Labute approximate surface area is 189 Å². The normalized spacial score (nSPS) is 10.7. The van der Waals surface area contributed by atoms with E-state index in [1.165, 1.54) is 18.7 Å². The summed E-state index contributed by atoms with van der Waals surface area (Å²) in [5.74, 6) is 0.627. The van der Waals surface area contributed by atoms with Crippen LogP contribution in [0.5, 0.6) is 5.75 Å². The van der Waals surface area contributed by atoms with Gasteiger partial charge in [0, 0.05) is 24.0 Å². The molecule has 0 bridgehead atoms. The van der Waals surface area contributed by atoms with E-state index in [0.29, 0.717) is 11.4 Å². The standard InChI is InChI=1S/C24H22N4O3S/c1-16(29)25-17-6-5-7-18(14-17)26-23(30)15-32-24-27-21-8-3-4-9-22(21)28(24)19-10-12-20(31-2)13-11-19/h3-14H,15H2,1-2H3,(H,25,29)(H,26,30). The maximum absolute atomic E-state index is 12.6. The van der Waals surface area contributed by atoms with Crippen LogP contribution in [0.1, 0.15) is 6.92 Å². The summed E-state index contributed by atoms with van der Waals surface area (Å²) in [5, 5.41) is 6.30. The van der Waals surface area contributed by atoms with Crippen LogP contribution in [0.15, 0.2) is 78.0 Å². The Morgan fingerprint density at radius 1 is 0.969 bits per heavy atom. The number of hydrogen-bond donors (Lipinski definition) is 2. The van der Waals surface area contributed by atoms with E-state index < -0.39 is 0 Å². The van der Waals surface area contributed by atoms with Gasteiger partial charge < -0.3 is 15.4 Å². The summed E-state index contributed by atoms with van der Waals surface area (Å²) < 4.78 is 7.30. The van der Waals surface area contributed by atoms with Gasteiger partial charge in [-0.25, -0.2) is 4.98 Å². The lowest BCUT2D eigenvalue weighted by molar-refractivity contribution is -0.114. The topological polar surface area (TPSA) is 85.2 Å². The highest BCUT2D eigenvalue weighted by molar-refractivity contribution is 7.99. The number of carbonyl (C=O) groups excluding carboxylic acids is 2. The fourth-order valence-electron chi connectivity index (χ4n) is 3.29. The van der Waals surface area contributed by atoms with Gasteiger partial charge in [0.2, 0.25) is 11.8 Å². The van der Waals surface area contributed by atoms with Crippen LogP contribution in [0.25, 0.3) is 16.7 Å². The molecule has 4 aromatic rings. The number of carbonyl (C=O) groups is 2. The van der Waals surface area contributed by atoms with Gasteiger partial charge in [-0.2, -0.15) is 0 Å². The van der Waals surface area contributed by atoms with Crippen LogP contribution in [-0.2, 0) is 9.59 Å². The lowest BCUT2D eigenvalue weighted by Gasteiger charge is -2.10. The highest BCUT2D eigenvalue weighted by Gasteiger charge is 2.15. The number of para-hydroxylation sites is 2. The summed E-state index contributed by atoms with van der Waals surface area (Å²) in [4.78, 5) is 28.6. The first-order valence-corrected chi connectivity index (χ1v) is 10.9. The zero-order chi connectivity index (χ0) is 22.5. The zero-order valence-electron chi connectivity index (χ0n) is 17.7. The molecule has 162 valence electrons. The van der Waals surface area contributed by atoms with Gasteiger partial charge in [0.25, 0.3) is 0 Å². The molecule has 1 heterocycles. The first-order chi connectivity index (χ1) is 15.5. The second-order valence-electron chi connectivity index (χ2n) is 7.02. The summed E-state index contributed by atoms with van der Waals surface area (Å²) in [6.45, 7) is 1.44. The smallest absolute Gasteiger partial charge is 0.234 e. The Bertz CT molecular complexity index is 1270. The Balaban J connectivity index is 1.53. The van der Waals surface area contributed by atoms with Gasteiger partial charge in [-0.3, -0.25) is 14.2 Å². The number of thioether (sulfide) groups is 1. The van der Waals surface area contributed by atoms with Crippen LogP contribution in [0, 0.1) is 0 Å². The van der Waals surface area contributed by atoms with E-state index in [1.54, 1.807) is 31.4 Å². The van der Waals surface area contributed by atoms with Crippen LogP contribution in [0.2, 0.25) is 0 Å². The van der Waals surface area contributed by atoms with E-state index in [9.17, 15) is 9.59 Å². The van der Waals surface area contributed by atoms with Crippen molar-refractivity contribution in [3.05, 3.63) is 72.8 Å². The van der Waals surface area contributed by atoms with E-state index >= 15 is 0 Å². The maximum Gasteiger partial charge on any atom is 0.234 e. The largest absolute Gasteiger partial charge is 0.497 e. The van der Waals surface area contributed by atoms with Gasteiger partial charge in [-0.05, 0) is 54.6 Å². The third kappa shape index (κ3) is 4.92. The van der Waals surface area contributed by atoms with Crippen molar-refractivity contribution in [1.82, 2.24) is 9.55 Å². The molecule has 0 atom stereocenters. The molecule has 0 aliphatic heterocycles. The molecule has 0 unspecified atom stereocenters. The van der Waals surface area contributed by atoms with Crippen LogP contribution in [-0.4, -0.2) is 34.2 Å². The highest BCUT2D eigenvalue weighted by atomic mass is 32.2. The number of ether oxygens (including phenoxy) is 1. The minimum atomic E-state index is -0.165. The Kier molecular flexibility index (Phi) is 6.42. The quantitative estimate of drug-likeness (QED) is 0.401. The van der Waals surface area contributed by atoms with Crippen LogP contribution >= 0.6 is 11.8 Å². The summed E-state index contributed by atoms with van der Waals surface area (Å²) in [5.41, 5.74) is 4.00. The van der Waals surface area contributed by atoms with E-state index in [2.05, 4.69) is 10.6 Å². The number of aromatic nitrogens is 2. The van der Waals surface area contributed by atoms with Crippen molar-refractivity contribution in [2.45, 2.75) is 12.1 Å². The number of hydrogen-bond acceptors (Lipinski definition) is 5. The molecule has 2 N–H and O–H groups in total. The van der Waals surface area contributed by atoms with Crippen molar-refractivity contribution in [3.63, 3.8) is 0 Å². The number of fused-ring (bicyclic) bond motifs is 1. The van der Waals surface area contributed by atoms with Gasteiger partial charge in [-0.1, -0.05) is 30.0 Å². The Morgan fingerprint density at radius 2 is 1.69 bits per heavy atom. The lowest BCUT2D eigenvalue weighted by Crippen LogP contribution is -2.15. The summed E-state index contributed by atoms with van der Waals surface area (Å²) in [6, 6.07) is 22.6. The van der Waals surface area contributed by atoms with Gasteiger partial charge >= 0.3 is 0 Å². The molecule has 3 aromatic carbocycles. The summed E-state index contributed by atoms with van der Waals surface area (Å²) in [7, 11) is 1.63. The molecular weight excluding hydrogens is 424 g/mol. The van der Waals surface area contributed by atoms with Gasteiger partial charge in [0.1, 0.15) is 5.75 Å². The van der Waals surface area contributed by atoms with Crippen molar-refractivity contribution in [2.24, 2.45) is 0 Å².